The molecule has 0 radical (unpaired) electrons. The minimum absolute atomic E-state index is 0. The molecule has 0 saturated heterocycles. The highest BCUT2D eigenvalue weighted by Crippen LogP contribution is 2.28. The number of ether oxygens (including phenoxy) is 1. The maximum Gasteiger partial charge on any atom is 0.191 e. The third-order valence-corrected chi connectivity index (χ3v) is 3.56. The van der Waals surface area contributed by atoms with E-state index in [1.54, 1.807) is 0 Å². The molecule has 0 spiro atoms. The first-order valence-electron chi connectivity index (χ1n) is 8.67. The Bertz CT molecular complexity index is 331. The second-order valence-corrected chi connectivity index (χ2v) is 7.40. The summed E-state index contributed by atoms with van der Waals surface area (Å²) >= 11 is 0. The van der Waals surface area contributed by atoms with Crippen molar-refractivity contribution in [2.75, 3.05) is 53.5 Å². The summed E-state index contributed by atoms with van der Waals surface area (Å²) in [5.41, 5.74) is 0.180. The molecule has 0 aromatic heterocycles. The summed E-state index contributed by atoms with van der Waals surface area (Å²) < 4.78 is 5.65. The summed E-state index contributed by atoms with van der Waals surface area (Å²) in [5.74, 6) is 1.77. The monoisotopic (exact) mass is 440 g/mol. The number of guanidine groups is 1. The van der Waals surface area contributed by atoms with Gasteiger partial charge in [-0.2, -0.15) is 0 Å². The van der Waals surface area contributed by atoms with Crippen molar-refractivity contribution in [2.45, 2.75) is 40.0 Å². The van der Waals surface area contributed by atoms with Crippen molar-refractivity contribution < 1.29 is 4.74 Å². The second kappa shape index (κ2) is 12.3. The van der Waals surface area contributed by atoms with Gasteiger partial charge in [-0.1, -0.05) is 13.8 Å². The van der Waals surface area contributed by atoms with Crippen LogP contribution in [-0.4, -0.2) is 64.3 Å². The van der Waals surface area contributed by atoms with Crippen molar-refractivity contribution in [3.05, 3.63) is 0 Å². The number of nitrogens with one attached hydrogen (secondary N) is 2. The molecule has 6 heteroatoms. The Kier molecular flexibility index (Phi) is 12.3. The van der Waals surface area contributed by atoms with E-state index in [2.05, 4.69) is 50.4 Å². The molecule has 5 nitrogen and oxygen atoms in total. The number of nitrogens with zero attached hydrogens (tertiary/aromatic N) is 2. The summed E-state index contributed by atoms with van der Waals surface area (Å²) in [6.07, 6.45) is 3.74. The predicted molar refractivity (Wildman–Crippen MR) is 110 cm³/mol. The molecular weight excluding hydrogens is 403 g/mol. The Morgan fingerprint density at radius 2 is 1.96 bits per heavy atom. The predicted octanol–water partition coefficient (Wildman–Crippen LogP) is 2.56. The SMILES string of the molecule is CCNC(=NCC(C)(C)CN(C)C)NCCCOCC1CC1.I. The highest BCUT2D eigenvalue weighted by atomic mass is 127. The van der Waals surface area contributed by atoms with E-state index >= 15 is 0 Å². The fourth-order valence-corrected chi connectivity index (χ4v) is 2.46. The van der Waals surface area contributed by atoms with Gasteiger partial charge in [0.1, 0.15) is 0 Å². The first kappa shape index (κ1) is 22.9. The molecule has 2 N–H and O–H groups in total. The highest BCUT2D eigenvalue weighted by Gasteiger charge is 2.21. The van der Waals surface area contributed by atoms with Crippen molar-refractivity contribution in [3.8, 4) is 0 Å². The lowest BCUT2D eigenvalue weighted by atomic mass is 9.93. The minimum atomic E-state index is 0. The fraction of sp³-hybridized carbons (Fsp3) is 0.941. The maximum absolute atomic E-state index is 5.65. The zero-order chi connectivity index (χ0) is 16.4. The first-order valence-corrected chi connectivity index (χ1v) is 8.67. The van der Waals surface area contributed by atoms with Crippen LogP contribution in [-0.2, 0) is 4.74 Å². The van der Waals surface area contributed by atoms with Crippen LogP contribution in [0.4, 0.5) is 0 Å². The molecule has 1 rings (SSSR count). The van der Waals surface area contributed by atoms with Gasteiger partial charge in [-0.15, -0.1) is 24.0 Å². The van der Waals surface area contributed by atoms with E-state index in [1.807, 2.05) is 0 Å². The van der Waals surface area contributed by atoms with Crippen LogP contribution < -0.4 is 10.6 Å². The van der Waals surface area contributed by atoms with Crippen molar-refractivity contribution >= 4 is 29.9 Å². The smallest absolute Gasteiger partial charge is 0.191 e. The molecule has 0 bridgehead atoms. The first-order chi connectivity index (χ1) is 10.4. The van der Waals surface area contributed by atoms with Gasteiger partial charge in [0.2, 0.25) is 0 Å². The molecule has 0 aromatic rings. The van der Waals surface area contributed by atoms with Crippen LogP contribution >= 0.6 is 24.0 Å². The average Bonchev–Trinajstić information content (AvgIpc) is 3.22. The van der Waals surface area contributed by atoms with Gasteiger partial charge in [0.15, 0.2) is 5.96 Å². The number of halogens is 1. The van der Waals surface area contributed by atoms with Gasteiger partial charge >= 0.3 is 0 Å². The van der Waals surface area contributed by atoms with Crippen LogP contribution in [0.5, 0.6) is 0 Å². The molecule has 0 amide bonds. The Balaban J connectivity index is 0.00000484. The van der Waals surface area contributed by atoms with E-state index in [1.165, 1.54) is 12.8 Å². The van der Waals surface area contributed by atoms with E-state index in [0.29, 0.717) is 0 Å². The number of aliphatic imine (C=N–C) groups is 1. The molecule has 1 fully saturated rings. The summed E-state index contributed by atoms with van der Waals surface area (Å²) in [7, 11) is 4.22. The number of rotatable bonds is 11. The van der Waals surface area contributed by atoms with Crippen LogP contribution in [0.25, 0.3) is 0 Å². The Morgan fingerprint density at radius 3 is 2.52 bits per heavy atom. The lowest BCUT2D eigenvalue weighted by Gasteiger charge is -2.26. The van der Waals surface area contributed by atoms with Gasteiger partial charge in [-0.25, -0.2) is 0 Å². The van der Waals surface area contributed by atoms with Gasteiger partial charge < -0.3 is 20.3 Å². The maximum atomic E-state index is 5.65. The van der Waals surface area contributed by atoms with E-state index in [9.17, 15) is 0 Å². The lowest BCUT2D eigenvalue weighted by Crippen LogP contribution is -2.39. The molecule has 0 aromatic carbocycles. The zero-order valence-corrected chi connectivity index (χ0v) is 18.0. The summed E-state index contributed by atoms with van der Waals surface area (Å²) in [4.78, 5) is 6.94. The topological polar surface area (TPSA) is 48.9 Å². The quantitative estimate of drug-likeness (QED) is 0.225. The zero-order valence-electron chi connectivity index (χ0n) is 15.7. The van der Waals surface area contributed by atoms with Gasteiger partial charge in [-0.05, 0) is 51.6 Å². The standard InChI is InChI=1S/C17H36N4O.HI/c1-6-18-16(20-13-17(2,3)14-21(4)5)19-10-7-11-22-12-15-8-9-15;/h15H,6-14H2,1-5H3,(H2,18,19,20);1H. The van der Waals surface area contributed by atoms with Crippen molar-refractivity contribution in [3.63, 3.8) is 0 Å². The Morgan fingerprint density at radius 1 is 1.26 bits per heavy atom. The molecule has 0 atom stereocenters. The summed E-state index contributed by atoms with van der Waals surface area (Å²) in [5, 5.41) is 6.71. The van der Waals surface area contributed by atoms with Crippen LogP contribution in [0.3, 0.4) is 0 Å². The molecular formula is C17H37IN4O. The second-order valence-electron chi connectivity index (χ2n) is 7.40. The van der Waals surface area contributed by atoms with Gasteiger partial charge in [0.05, 0.1) is 0 Å². The number of hydrogen-bond acceptors (Lipinski definition) is 3. The van der Waals surface area contributed by atoms with Crippen LogP contribution in [0.1, 0.15) is 40.0 Å². The molecule has 1 aliphatic rings. The van der Waals surface area contributed by atoms with Crippen molar-refractivity contribution in [1.29, 1.82) is 0 Å². The van der Waals surface area contributed by atoms with Crippen LogP contribution in [0, 0.1) is 11.3 Å². The molecule has 0 heterocycles. The minimum Gasteiger partial charge on any atom is -0.381 e. The van der Waals surface area contributed by atoms with E-state index in [-0.39, 0.29) is 29.4 Å². The van der Waals surface area contributed by atoms with Gasteiger partial charge in [-0.3, -0.25) is 4.99 Å². The fourth-order valence-electron chi connectivity index (χ4n) is 2.46. The third kappa shape index (κ3) is 12.9. The van der Waals surface area contributed by atoms with E-state index in [4.69, 9.17) is 9.73 Å². The largest absolute Gasteiger partial charge is 0.381 e. The Hall–Kier alpha value is -0.0800. The molecule has 0 unspecified atom stereocenters. The lowest BCUT2D eigenvalue weighted by molar-refractivity contribution is 0.123. The average molecular weight is 440 g/mol. The molecule has 1 aliphatic carbocycles. The van der Waals surface area contributed by atoms with Gasteiger partial charge in [0.25, 0.3) is 0 Å². The van der Waals surface area contributed by atoms with Crippen molar-refractivity contribution in [2.24, 2.45) is 16.3 Å². The van der Waals surface area contributed by atoms with Crippen molar-refractivity contribution in [1.82, 2.24) is 15.5 Å². The highest BCUT2D eigenvalue weighted by molar-refractivity contribution is 14.0. The third-order valence-electron chi connectivity index (χ3n) is 3.56. The van der Waals surface area contributed by atoms with Gasteiger partial charge in [0, 0.05) is 39.4 Å². The summed E-state index contributed by atoms with van der Waals surface area (Å²) in [6.45, 7) is 12.0. The normalized spacial score (nSPS) is 15.5. The number of hydrogen-bond donors (Lipinski definition) is 2. The summed E-state index contributed by atoms with van der Waals surface area (Å²) in [6, 6.07) is 0. The van der Waals surface area contributed by atoms with E-state index < -0.39 is 0 Å². The Labute approximate surface area is 160 Å². The van der Waals surface area contributed by atoms with Crippen LogP contribution in [0.15, 0.2) is 4.99 Å². The van der Waals surface area contributed by atoms with E-state index in [0.717, 1.165) is 57.7 Å². The molecule has 0 aliphatic heterocycles. The van der Waals surface area contributed by atoms with Crippen LogP contribution in [0.2, 0.25) is 0 Å². The molecule has 23 heavy (non-hydrogen) atoms. The molecule has 1 saturated carbocycles. The molecule has 138 valence electrons.